The Bertz CT molecular complexity index is 262. The summed E-state index contributed by atoms with van der Waals surface area (Å²) in [5, 5.41) is 3.10. The van der Waals surface area contributed by atoms with Gasteiger partial charge >= 0.3 is 0 Å². The highest BCUT2D eigenvalue weighted by Crippen LogP contribution is 2.43. The summed E-state index contributed by atoms with van der Waals surface area (Å²) in [4.78, 5) is 12.3. The Balaban J connectivity index is 0.00000154. The summed E-state index contributed by atoms with van der Waals surface area (Å²) < 4.78 is 0. The van der Waals surface area contributed by atoms with Crippen LogP contribution in [0.2, 0.25) is 0 Å². The molecule has 0 aliphatic heterocycles. The van der Waals surface area contributed by atoms with Gasteiger partial charge in [-0.15, -0.1) is 0 Å². The normalized spacial score (nSPS) is 30.5. The van der Waals surface area contributed by atoms with E-state index in [4.69, 9.17) is 0 Å². The van der Waals surface area contributed by atoms with Crippen molar-refractivity contribution in [2.45, 2.75) is 86.6 Å². The van der Waals surface area contributed by atoms with Gasteiger partial charge in [0, 0.05) is 11.5 Å². The molecule has 2 heteroatoms. The maximum Gasteiger partial charge on any atom is 0.226 e. The zero-order chi connectivity index (χ0) is 15.1. The van der Waals surface area contributed by atoms with Crippen LogP contribution in [-0.2, 0) is 4.79 Å². The summed E-state index contributed by atoms with van der Waals surface area (Å²) in [6, 6.07) is 0.251. The van der Waals surface area contributed by atoms with Crippen LogP contribution in [0.15, 0.2) is 0 Å². The molecule has 114 valence electrons. The largest absolute Gasteiger partial charge is 0.353 e. The fourth-order valence-electron chi connectivity index (χ4n) is 3.48. The monoisotopic (exact) mass is 269 g/mol. The zero-order valence-corrected chi connectivity index (χ0v) is 14.2. The van der Waals surface area contributed by atoms with Gasteiger partial charge in [-0.3, -0.25) is 4.79 Å². The minimum atomic E-state index is -0.137. The van der Waals surface area contributed by atoms with Crippen molar-refractivity contribution in [2.24, 2.45) is 17.3 Å². The summed E-state index contributed by atoms with van der Waals surface area (Å²) in [6.07, 6.45) is 5.93. The van der Waals surface area contributed by atoms with Crippen LogP contribution in [0.4, 0.5) is 0 Å². The number of hydrogen-bond donors (Lipinski definition) is 1. The van der Waals surface area contributed by atoms with Crippen molar-refractivity contribution in [3.63, 3.8) is 0 Å². The van der Waals surface area contributed by atoms with E-state index in [-0.39, 0.29) is 17.4 Å². The van der Waals surface area contributed by atoms with E-state index in [2.05, 4.69) is 26.1 Å². The summed E-state index contributed by atoms with van der Waals surface area (Å²) in [6.45, 7) is 14.8. The quantitative estimate of drug-likeness (QED) is 0.782. The Morgan fingerprint density at radius 2 is 1.89 bits per heavy atom. The number of hydrogen-bond acceptors (Lipinski definition) is 1. The topological polar surface area (TPSA) is 29.1 Å². The standard InChI is InChI=1S/C15H29NO.C2H6/c1-6-7-13-8-12(4)9-15(5,10-13)14(17)16-11(2)3;1-2/h11-13H,6-10H2,1-5H3,(H,16,17);1-2H3. The van der Waals surface area contributed by atoms with Crippen molar-refractivity contribution < 1.29 is 4.79 Å². The highest BCUT2D eigenvalue weighted by Gasteiger charge is 2.40. The van der Waals surface area contributed by atoms with Crippen LogP contribution in [0.1, 0.15) is 80.6 Å². The van der Waals surface area contributed by atoms with Crippen LogP contribution >= 0.6 is 0 Å². The Morgan fingerprint density at radius 1 is 1.32 bits per heavy atom. The van der Waals surface area contributed by atoms with Crippen LogP contribution in [0.5, 0.6) is 0 Å². The molecule has 0 aromatic carbocycles. The SMILES string of the molecule is CC.CCCC1CC(C)CC(C)(C(=O)NC(C)C)C1. The van der Waals surface area contributed by atoms with Crippen molar-refractivity contribution in [1.29, 1.82) is 0 Å². The van der Waals surface area contributed by atoms with Crippen LogP contribution in [0.25, 0.3) is 0 Å². The molecule has 3 atom stereocenters. The van der Waals surface area contributed by atoms with Crippen LogP contribution in [0.3, 0.4) is 0 Å². The van der Waals surface area contributed by atoms with Crippen molar-refractivity contribution in [3.05, 3.63) is 0 Å². The third-order valence-corrected chi connectivity index (χ3v) is 3.94. The van der Waals surface area contributed by atoms with Gasteiger partial charge in [-0.05, 0) is 44.9 Å². The average Bonchev–Trinajstić information content (AvgIpc) is 2.30. The lowest BCUT2D eigenvalue weighted by molar-refractivity contribution is -0.134. The molecule has 0 spiro atoms. The Morgan fingerprint density at radius 3 is 2.37 bits per heavy atom. The number of amides is 1. The van der Waals surface area contributed by atoms with Crippen molar-refractivity contribution in [2.75, 3.05) is 0 Å². The molecule has 1 aliphatic rings. The first-order valence-corrected chi connectivity index (χ1v) is 8.18. The second-order valence-corrected chi connectivity index (χ2v) is 6.59. The van der Waals surface area contributed by atoms with Crippen LogP contribution < -0.4 is 5.32 Å². The van der Waals surface area contributed by atoms with Crippen molar-refractivity contribution >= 4 is 5.91 Å². The number of carbonyl (C=O) groups is 1. The lowest BCUT2D eigenvalue weighted by atomic mass is 9.65. The molecule has 19 heavy (non-hydrogen) atoms. The van der Waals surface area contributed by atoms with E-state index in [1.807, 2.05) is 27.7 Å². The molecule has 0 aromatic heterocycles. The minimum absolute atomic E-state index is 0.137. The van der Waals surface area contributed by atoms with E-state index in [0.29, 0.717) is 5.92 Å². The molecule has 1 amide bonds. The van der Waals surface area contributed by atoms with Gasteiger partial charge in [-0.2, -0.15) is 0 Å². The second kappa shape index (κ2) is 8.60. The Hall–Kier alpha value is -0.530. The molecule has 1 saturated carbocycles. The van der Waals surface area contributed by atoms with Gasteiger partial charge in [0.2, 0.25) is 5.91 Å². The lowest BCUT2D eigenvalue weighted by Crippen LogP contribution is -2.46. The molecular weight excluding hydrogens is 234 g/mol. The van der Waals surface area contributed by atoms with Crippen LogP contribution in [-0.4, -0.2) is 11.9 Å². The van der Waals surface area contributed by atoms with Gasteiger partial charge in [0.25, 0.3) is 0 Å². The van der Waals surface area contributed by atoms with Gasteiger partial charge in [0.15, 0.2) is 0 Å². The molecule has 0 radical (unpaired) electrons. The summed E-state index contributed by atoms with van der Waals surface area (Å²) in [5.74, 6) is 1.69. The van der Waals surface area contributed by atoms with E-state index in [9.17, 15) is 4.79 Å². The fraction of sp³-hybridized carbons (Fsp3) is 0.941. The van der Waals surface area contributed by atoms with E-state index in [1.165, 1.54) is 19.3 Å². The van der Waals surface area contributed by atoms with Gasteiger partial charge in [-0.1, -0.05) is 47.5 Å². The molecule has 0 aromatic rings. The van der Waals surface area contributed by atoms with Gasteiger partial charge < -0.3 is 5.32 Å². The maximum absolute atomic E-state index is 12.3. The first-order valence-electron chi connectivity index (χ1n) is 8.18. The molecule has 1 aliphatic carbocycles. The van der Waals surface area contributed by atoms with Gasteiger partial charge in [0.1, 0.15) is 0 Å². The average molecular weight is 269 g/mol. The first kappa shape index (κ1) is 18.5. The third-order valence-electron chi connectivity index (χ3n) is 3.94. The Kier molecular flexibility index (Phi) is 8.36. The third kappa shape index (κ3) is 5.97. The fourth-order valence-corrected chi connectivity index (χ4v) is 3.48. The predicted octanol–water partition coefficient (Wildman–Crippen LogP) is 4.78. The number of carbonyl (C=O) groups excluding carboxylic acids is 1. The van der Waals surface area contributed by atoms with Crippen LogP contribution in [0, 0.1) is 17.3 Å². The summed E-state index contributed by atoms with van der Waals surface area (Å²) >= 11 is 0. The van der Waals surface area contributed by atoms with Crippen molar-refractivity contribution in [1.82, 2.24) is 5.32 Å². The molecule has 0 heterocycles. The second-order valence-electron chi connectivity index (χ2n) is 6.59. The minimum Gasteiger partial charge on any atom is -0.353 e. The number of rotatable bonds is 4. The molecule has 1 N–H and O–H groups in total. The molecular formula is C17H35NO. The zero-order valence-electron chi connectivity index (χ0n) is 14.2. The molecule has 3 unspecified atom stereocenters. The van der Waals surface area contributed by atoms with Gasteiger partial charge in [0.05, 0.1) is 0 Å². The van der Waals surface area contributed by atoms with E-state index >= 15 is 0 Å². The first-order chi connectivity index (χ1) is 8.87. The highest BCUT2D eigenvalue weighted by molar-refractivity contribution is 5.82. The lowest BCUT2D eigenvalue weighted by Gasteiger charge is -2.40. The van der Waals surface area contributed by atoms with E-state index in [0.717, 1.165) is 18.8 Å². The van der Waals surface area contributed by atoms with Gasteiger partial charge in [-0.25, -0.2) is 0 Å². The molecule has 0 bridgehead atoms. The molecule has 1 fully saturated rings. The summed E-state index contributed by atoms with van der Waals surface area (Å²) in [5.41, 5.74) is -0.137. The smallest absolute Gasteiger partial charge is 0.226 e. The molecule has 1 rings (SSSR count). The molecule has 0 saturated heterocycles. The molecule has 2 nitrogen and oxygen atoms in total. The van der Waals surface area contributed by atoms with E-state index in [1.54, 1.807) is 0 Å². The summed E-state index contributed by atoms with van der Waals surface area (Å²) in [7, 11) is 0. The maximum atomic E-state index is 12.3. The highest BCUT2D eigenvalue weighted by atomic mass is 16.2. The number of nitrogens with one attached hydrogen (secondary N) is 1. The predicted molar refractivity (Wildman–Crippen MR) is 84.1 cm³/mol. The van der Waals surface area contributed by atoms with E-state index < -0.39 is 0 Å². The van der Waals surface area contributed by atoms with Crippen molar-refractivity contribution in [3.8, 4) is 0 Å². The Labute approximate surface area is 120 Å².